The number of benzene rings is 1. The molecule has 0 heterocycles. The first-order valence-electron chi connectivity index (χ1n) is 3.47. The first-order valence-corrected chi connectivity index (χ1v) is 6.61. The molecule has 0 saturated carbocycles. The molecule has 0 fully saturated rings. The number of halogens is 6. The fraction of sp³-hybridized carbons (Fsp3) is 0.143. The zero-order valence-electron chi connectivity index (χ0n) is 7.12. The predicted octanol–water partition coefficient (Wildman–Crippen LogP) is 3.00. The zero-order valence-corrected chi connectivity index (χ0v) is 8.83. The summed E-state index contributed by atoms with van der Waals surface area (Å²) in [5.74, 6) is -11.1. The second-order valence-corrected chi connectivity index (χ2v) is 6.88. The second kappa shape index (κ2) is 3.79. The van der Waals surface area contributed by atoms with Gasteiger partial charge in [0.2, 0.25) is 5.82 Å². The van der Waals surface area contributed by atoms with Crippen molar-refractivity contribution in [3.63, 3.8) is 0 Å². The number of hydrogen-bond acceptors (Lipinski definition) is 1. The fourth-order valence-electron chi connectivity index (χ4n) is 0.944. The van der Waals surface area contributed by atoms with Crippen LogP contribution in [0.15, 0.2) is 0 Å². The Balaban J connectivity index is 3.76. The van der Waals surface area contributed by atoms with Crippen molar-refractivity contribution < 1.29 is 26.1 Å². The van der Waals surface area contributed by atoms with Crippen molar-refractivity contribution in [3.05, 3.63) is 29.1 Å². The zero-order chi connectivity index (χ0) is 12.0. The van der Waals surface area contributed by atoms with Gasteiger partial charge in [-0.25, -0.2) is 26.1 Å². The van der Waals surface area contributed by atoms with Crippen molar-refractivity contribution in [2.75, 3.05) is 6.66 Å². The average Bonchev–Trinajstić information content (AvgIpc) is 2.09. The lowest BCUT2D eigenvalue weighted by atomic mass is 10.3. The summed E-state index contributed by atoms with van der Waals surface area (Å²) in [6, 6.07) is 0. The van der Waals surface area contributed by atoms with Crippen LogP contribution in [0.3, 0.4) is 0 Å². The van der Waals surface area contributed by atoms with E-state index in [0.29, 0.717) is 6.66 Å². The number of rotatable bonds is 1. The van der Waals surface area contributed by atoms with E-state index in [1.165, 1.54) is 0 Å². The van der Waals surface area contributed by atoms with Gasteiger partial charge in [0.1, 0.15) is 6.35 Å². The summed E-state index contributed by atoms with van der Waals surface area (Å²) < 4.78 is 76.6. The standard InChI is InChI=1S/C7H3F6PS/c1-14(13,15)7-5(11)3(9)2(8)4(10)6(7)12/h1H3. The van der Waals surface area contributed by atoms with Gasteiger partial charge < -0.3 is 0 Å². The van der Waals surface area contributed by atoms with Crippen LogP contribution in [0.25, 0.3) is 0 Å². The maximum absolute atomic E-state index is 13.1. The van der Waals surface area contributed by atoms with Crippen molar-refractivity contribution in [2.45, 2.75) is 0 Å². The Hall–Kier alpha value is -0.550. The van der Waals surface area contributed by atoms with Gasteiger partial charge in [0.05, 0.1) is 5.30 Å². The highest BCUT2D eigenvalue weighted by atomic mass is 32.5. The monoisotopic (exact) mass is 264 g/mol. The summed E-state index contributed by atoms with van der Waals surface area (Å²) >= 11 is 4.10. The lowest BCUT2D eigenvalue weighted by molar-refractivity contribution is 0.384. The highest BCUT2D eigenvalue weighted by Gasteiger charge is 2.31. The molecule has 0 N–H and O–H groups in total. The lowest BCUT2D eigenvalue weighted by Crippen LogP contribution is -2.19. The second-order valence-electron chi connectivity index (χ2n) is 2.74. The minimum absolute atomic E-state index is 0.626. The first kappa shape index (κ1) is 12.5. The predicted molar refractivity (Wildman–Crippen MR) is 47.2 cm³/mol. The smallest absolute Gasteiger partial charge is 0.200 e. The van der Waals surface area contributed by atoms with Crippen molar-refractivity contribution in [1.82, 2.24) is 0 Å². The van der Waals surface area contributed by atoms with E-state index in [4.69, 9.17) is 0 Å². The Labute approximate surface area is 86.0 Å². The van der Waals surface area contributed by atoms with Gasteiger partial charge >= 0.3 is 0 Å². The van der Waals surface area contributed by atoms with E-state index >= 15 is 0 Å². The molecular weight excluding hydrogens is 261 g/mol. The van der Waals surface area contributed by atoms with Gasteiger partial charge in [-0.15, -0.1) is 0 Å². The molecule has 0 saturated heterocycles. The quantitative estimate of drug-likeness (QED) is 0.325. The Morgan fingerprint density at radius 2 is 1.07 bits per heavy atom. The summed E-state index contributed by atoms with van der Waals surface area (Å²) in [4.78, 5) is 0. The molecule has 15 heavy (non-hydrogen) atoms. The molecule has 1 unspecified atom stereocenters. The SMILES string of the molecule is CP(F)(=S)c1c(F)c(F)c(F)c(F)c1F. The third-order valence-corrected chi connectivity index (χ3v) is 3.33. The molecule has 0 bridgehead atoms. The molecule has 1 atom stereocenters. The third-order valence-electron chi connectivity index (χ3n) is 1.59. The van der Waals surface area contributed by atoms with E-state index in [2.05, 4.69) is 11.8 Å². The molecule has 0 aliphatic carbocycles. The van der Waals surface area contributed by atoms with Crippen LogP contribution in [0.4, 0.5) is 26.1 Å². The Kier molecular flexibility index (Phi) is 3.16. The van der Waals surface area contributed by atoms with Gasteiger partial charge in [0.15, 0.2) is 23.3 Å². The molecule has 84 valence electrons. The average molecular weight is 264 g/mol. The summed E-state index contributed by atoms with van der Waals surface area (Å²) in [5.41, 5.74) is 0. The lowest BCUT2D eigenvalue weighted by Gasteiger charge is -2.10. The summed E-state index contributed by atoms with van der Waals surface area (Å²) in [5, 5.41) is -1.53. The summed E-state index contributed by atoms with van der Waals surface area (Å²) in [7, 11) is 0. The minimum Gasteiger partial charge on any atom is -0.213 e. The molecule has 1 aromatic rings. The molecule has 1 rings (SSSR count). The highest BCUT2D eigenvalue weighted by molar-refractivity contribution is 8.15. The Morgan fingerprint density at radius 3 is 1.33 bits per heavy atom. The van der Waals surface area contributed by atoms with Crippen LogP contribution in [-0.4, -0.2) is 6.66 Å². The van der Waals surface area contributed by atoms with Gasteiger partial charge in [-0.05, 0) is 6.66 Å². The van der Waals surface area contributed by atoms with Crippen molar-refractivity contribution in [2.24, 2.45) is 0 Å². The van der Waals surface area contributed by atoms with Gasteiger partial charge in [-0.1, -0.05) is 11.8 Å². The maximum Gasteiger partial charge on any atom is 0.200 e. The van der Waals surface area contributed by atoms with E-state index in [-0.39, 0.29) is 0 Å². The maximum atomic E-state index is 13.1. The normalized spacial score (nSPS) is 15.1. The van der Waals surface area contributed by atoms with Crippen LogP contribution < -0.4 is 5.30 Å². The molecular formula is C7H3F6PS. The van der Waals surface area contributed by atoms with Crippen LogP contribution in [0.1, 0.15) is 0 Å². The minimum atomic E-state index is -4.23. The van der Waals surface area contributed by atoms with Gasteiger partial charge in [0, 0.05) is 0 Å². The van der Waals surface area contributed by atoms with E-state index in [1.54, 1.807) is 0 Å². The Bertz CT molecular complexity index is 436. The molecule has 0 amide bonds. The van der Waals surface area contributed by atoms with Crippen LogP contribution in [0.5, 0.6) is 0 Å². The van der Waals surface area contributed by atoms with E-state index < -0.39 is 40.7 Å². The van der Waals surface area contributed by atoms with E-state index in [1.807, 2.05) is 0 Å². The fourth-order valence-corrected chi connectivity index (χ4v) is 2.32. The molecule has 8 heteroatoms. The van der Waals surface area contributed by atoms with Crippen LogP contribution in [0.2, 0.25) is 0 Å². The van der Waals surface area contributed by atoms with Crippen molar-refractivity contribution in [3.8, 4) is 0 Å². The van der Waals surface area contributed by atoms with E-state index in [9.17, 15) is 26.1 Å². The molecule has 0 aliphatic heterocycles. The highest BCUT2D eigenvalue weighted by Crippen LogP contribution is 2.44. The molecule has 0 radical (unpaired) electrons. The largest absolute Gasteiger partial charge is 0.213 e. The van der Waals surface area contributed by atoms with Gasteiger partial charge in [-0.3, -0.25) is 0 Å². The van der Waals surface area contributed by atoms with Crippen molar-refractivity contribution >= 4 is 23.5 Å². The van der Waals surface area contributed by atoms with Crippen LogP contribution in [-0.2, 0) is 11.8 Å². The Morgan fingerprint density at radius 1 is 0.800 bits per heavy atom. The van der Waals surface area contributed by atoms with Crippen LogP contribution >= 0.6 is 6.35 Å². The summed E-state index contributed by atoms with van der Waals surface area (Å²) in [6.45, 7) is 0.626. The topological polar surface area (TPSA) is 0 Å². The van der Waals surface area contributed by atoms with Gasteiger partial charge in [-0.2, -0.15) is 0 Å². The summed E-state index contributed by atoms with van der Waals surface area (Å²) in [6.07, 6.45) is -4.23. The molecule has 0 nitrogen and oxygen atoms in total. The number of hydrogen-bond donors (Lipinski definition) is 0. The van der Waals surface area contributed by atoms with Gasteiger partial charge in [0.25, 0.3) is 0 Å². The molecule has 0 aliphatic rings. The molecule has 1 aromatic carbocycles. The molecule has 0 aromatic heterocycles. The molecule has 0 spiro atoms. The third kappa shape index (κ3) is 2.03. The van der Waals surface area contributed by atoms with E-state index in [0.717, 1.165) is 0 Å². The first-order chi connectivity index (χ1) is 6.68. The van der Waals surface area contributed by atoms with Crippen molar-refractivity contribution in [1.29, 1.82) is 0 Å². The van der Waals surface area contributed by atoms with Crippen LogP contribution in [0, 0.1) is 29.1 Å².